The van der Waals surface area contributed by atoms with E-state index in [2.05, 4.69) is 63.0 Å². The van der Waals surface area contributed by atoms with Crippen molar-refractivity contribution in [2.24, 2.45) is 0 Å². The summed E-state index contributed by atoms with van der Waals surface area (Å²) in [6, 6.07) is 6.78. The van der Waals surface area contributed by atoms with E-state index in [4.69, 9.17) is 0 Å². The molecule has 0 aromatic heterocycles. The molecule has 0 bridgehead atoms. The van der Waals surface area contributed by atoms with E-state index >= 15 is 0 Å². The number of anilines is 1. The van der Waals surface area contributed by atoms with E-state index in [9.17, 15) is 0 Å². The molecule has 1 aliphatic heterocycles. The zero-order valence-corrected chi connectivity index (χ0v) is 14.0. The van der Waals surface area contributed by atoms with Crippen LogP contribution >= 0.6 is 27.7 Å². The van der Waals surface area contributed by atoms with Crippen LogP contribution in [0.3, 0.4) is 0 Å². The third kappa shape index (κ3) is 4.69. The topological polar surface area (TPSA) is 15.3 Å². The quantitative estimate of drug-likeness (QED) is 0.817. The number of halogens is 1. The van der Waals surface area contributed by atoms with Gasteiger partial charge in [0.05, 0.1) is 5.69 Å². The van der Waals surface area contributed by atoms with Gasteiger partial charge in [-0.3, -0.25) is 0 Å². The van der Waals surface area contributed by atoms with E-state index < -0.39 is 0 Å². The SMILES string of the molecule is CCCNCc1ccc(N2CCCSCC2)c(Br)c1. The predicted octanol–water partition coefficient (Wildman–Crippen LogP) is 3.89. The smallest absolute Gasteiger partial charge is 0.0511 e. The average molecular weight is 343 g/mol. The van der Waals surface area contributed by atoms with E-state index in [0.29, 0.717) is 0 Å². The summed E-state index contributed by atoms with van der Waals surface area (Å²) in [5, 5.41) is 3.45. The van der Waals surface area contributed by atoms with Crippen molar-refractivity contribution in [2.75, 3.05) is 36.0 Å². The summed E-state index contributed by atoms with van der Waals surface area (Å²) in [5.74, 6) is 2.54. The third-order valence-electron chi connectivity index (χ3n) is 3.33. The first kappa shape index (κ1) is 15.2. The monoisotopic (exact) mass is 342 g/mol. The van der Waals surface area contributed by atoms with Gasteiger partial charge in [-0.1, -0.05) is 13.0 Å². The molecule has 0 radical (unpaired) electrons. The molecule has 0 spiro atoms. The first-order valence-corrected chi connectivity index (χ1v) is 9.08. The summed E-state index contributed by atoms with van der Waals surface area (Å²) >= 11 is 5.81. The van der Waals surface area contributed by atoms with Crippen LogP contribution in [0.15, 0.2) is 22.7 Å². The minimum absolute atomic E-state index is 0.961. The highest BCUT2D eigenvalue weighted by Gasteiger charge is 2.12. The summed E-state index contributed by atoms with van der Waals surface area (Å²) in [5.41, 5.74) is 2.70. The van der Waals surface area contributed by atoms with Crippen LogP contribution in [0.4, 0.5) is 5.69 Å². The lowest BCUT2D eigenvalue weighted by molar-refractivity contribution is 0.675. The molecular weight excluding hydrogens is 320 g/mol. The molecule has 2 nitrogen and oxygen atoms in total. The molecule has 19 heavy (non-hydrogen) atoms. The highest BCUT2D eigenvalue weighted by atomic mass is 79.9. The maximum absolute atomic E-state index is 3.74. The molecule has 106 valence electrons. The Morgan fingerprint density at radius 3 is 3.00 bits per heavy atom. The van der Waals surface area contributed by atoms with Gasteiger partial charge in [-0.2, -0.15) is 11.8 Å². The van der Waals surface area contributed by atoms with Crippen LogP contribution in [0.5, 0.6) is 0 Å². The van der Waals surface area contributed by atoms with Crippen LogP contribution in [0.2, 0.25) is 0 Å². The van der Waals surface area contributed by atoms with Crippen molar-refractivity contribution >= 4 is 33.4 Å². The fraction of sp³-hybridized carbons (Fsp3) is 0.600. The van der Waals surface area contributed by atoms with Crippen molar-refractivity contribution in [1.82, 2.24) is 5.32 Å². The number of benzene rings is 1. The summed E-state index contributed by atoms with van der Waals surface area (Å²) in [7, 11) is 0. The predicted molar refractivity (Wildman–Crippen MR) is 90.3 cm³/mol. The molecule has 4 heteroatoms. The lowest BCUT2D eigenvalue weighted by Crippen LogP contribution is -2.25. The van der Waals surface area contributed by atoms with Gasteiger partial charge in [-0.15, -0.1) is 0 Å². The van der Waals surface area contributed by atoms with Gasteiger partial charge in [0.1, 0.15) is 0 Å². The second kappa shape index (κ2) is 8.18. The Kier molecular flexibility index (Phi) is 6.54. The maximum Gasteiger partial charge on any atom is 0.0511 e. The van der Waals surface area contributed by atoms with Gasteiger partial charge in [0.15, 0.2) is 0 Å². The number of hydrogen-bond acceptors (Lipinski definition) is 3. The zero-order valence-electron chi connectivity index (χ0n) is 11.6. The molecule has 2 rings (SSSR count). The molecule has 1 aromatic rings. The lowest BCUT2D eigenvalue weighted by atomic mass is 10.2. The van der Waals surface area contributed by atoms with Crippen LogP contribution in [-0.4, -0.2) is 31.1 Å². The standard InChI is InChI=1S/C15H23BrN2S/c1-2-6-17-12-13-4-5-15(14(16)11-13)18-7-3-9-19-10-8-18/h4-5,11,17H,2-3,6-10,12H2,1H3. The molecule has 0 amide bonds. The Labute approximate surface area is 129 Å². The number of nitrogens with one attached hydrogen (secondary N) is 1. The van der Waals surface area contributed by atoms with Crippen molar-refractivity contribution < 1.29 is 0 Å². The summed E-state index contributed by atoms with van der Waals surface area (Å²) in [6.45, 7) is 6.59. The number of rotatable bonds is 5. The molecule has 0 unspecified atom stereocenters. The van der Waals surface area contributed by atoms with Gasteiger partial charge in [0.25, 0.3) is 0 Å². The number of nitrogens with zero attached hydrogens (tertiary/aromatic N) is 1. The molecule has 0 atom stereocenters. The van der Waals surface area contributed by atoms with Gasteiger partial charge >= 0.3 is 0 Å². The Balaban J connectivity index is 2.01. The molecule has 1 aromatic carbocycles. The fourth-order valence-electron chi connectivity index (χ4n) is 2.31. The Morgan fingerprint density at radius 1 is 1.32 bits per heavy atom. The van der Waals surface area contributed by atoms with E-state index in [1.54, 1.807) is 0 Å². The van der Waals surface area contributed by atoms with Crippen molar-refractivity contribution in [1.29, 1.82) is 0 Å². The summed E-state index contributed by atoms with van der Waals surface area (Å²) in [4.78, 5) is 2.51. The van der Waals surface area contributed by atoms with Crippen molar-refractivity contribution in [3.8, 4) is 0 Å². The van der Waals surface area contributed by atoms with Crippen molar-refractivity contribution in [3.63, 3.8) is 0 Å². The van der Waals surface area contributed by atoms with Crippen LogP contribution in [-0.2, 0) is 6.54 Å². The first-order valence-electron chi connectivity index (χ1n) is 7.13. The molecule has 1 fully saturated rings. The number of thioether (sulfide) groups is 1. The first-order chi connectivity index (χ1) is 9.31. The normalized spacial score (nSPS) is 16.4. The summed E-state index contributed by atoms with van der Waals surface area (Å²) in [6.07, 6.45) is 2.47. The maximum atomic E-state index is 3.74. The van der Waals surface area contributed by atoms with E-state index in [-0.39, 0.29) is 0 Å². The molecule has 1 N–H and O–H groups in total. The third-order valence-corrected chi connectivity index (χ3v) is 5.01. The molecule has 1 saturated heterocycles. The van der Waals surface area contributed by atoms with Gasteiger partial charge in [0.2, 0.25) is 0 Å². The Morgan fingerprint density at radius 2 is 2.21 bits per heavy atom. The molecule has 1 heterocycles. The largest absolute Gasteiger partial charge is 0.370 e. The van der Waals surface area contributed by atoms with E-state index in [1.165, 1.54) is 46.6 Å². The van der Waals surface area contributed by atoms with Crippen LogP contribution in [0, 0.1) is 0 Å². The minimum Gasteiger partial charge on any atom is -0.370 e. The van der Waals surface area contributed by atoms with Gasteiger partial charge in [-0.25, -0.2) is 0 Å². The van der Waals surface area contributed by atoms with Gasteiger partial charge < -0.3 is 10.2 Å². The highest BCUT2D eigenvalue weighted by molar-refractivity contribution is 9.10. The molecule has 0 aliphatic carbocycles. The Hall–Kier alpha value is -0.190. The van der Waals surface area contributed by atoms with Crippen LogP contribution in [0.1, 0.15) is 25.3 Å². The van der Waals surface area contributed by atoms with E-state index in [0.717, 1.165) is 19.6 Å². The second-order valence-electron chi connectivity index (χ2n) is 4.92. The van der Waals surface area contributed by atoms with Crippen molar-refractivity contribution in [3.05, 3.63) is 28.2 Å². The van der Waals surface area contributed by atoms with Gasteiger partial charge in [-0.05, 0) is 58.8 Å². The van der Waals surface area contributed by atoms with Crippen LogP contribution < -0.4 is 10.2 Å². The highest BCUT2D eigenvalue weighted by Crippen LogP contribution is 2.29. The fourth-order valence-corrected chi connectivity index (χ4v) is 3.88. The average Bonchev–Trinajstić information content (AvgIpc) is 2.68. The lowest BCUT2D eigenvalue weighted by Gasteiger charge is -2.24. The molecule has 1 aliphatic rings. The second-order valence-corrected chi connectivity index (χ2v) is 6.99. The summed E-state index contributed by atoms with van der Waals surface area (Å²) < 4.78 is 1.23. The van der Waals surface area contributed by atoms with Gasteiger partial charge in [0, 0.05) is 29.9 Å². The number of hydrogen-bond donors (Lipinski definition) is 1. The van der Waals surface area contributed by atoms with E-state index in [1.807, 2.05) is 0 Å². The zero-order chi connectivity index (χ0) is 13.5. The molecule has 0 saturated carbocycles. The minimum atomic E-state index is 0.961. The van der Waals surface area contributed by atoms with Crippen molar-refractivity contribution in [2.45, 2.75) is 26.3 Å². The molecular formula is C15H23BrN2S. The Bertz CT molecular complexity index is 390. The van der Waals surface area contributed by atoms with Crippen LogP contribution in [0.25, 0.3) is 0 Å².